The Morgan fingerprint density at radius 1 is 0.971 bits per heavy atom. The summed E-state index contributed by atoms with van der Waals surface area (Å²) < 4.78 is 12.7. The maximum absolute atomic E-state index is 12.0. The molecule has 2 aromatic rings. The molecule has 0 bridgehead atoms. The maximum atomic E-state index is 12.0. The number of hydrogen-bond acceptors (Lipinski definition) is 7. The van der Waals surface area contributed by atoms with Crippen molar-refractivity contribution in [1.82, 2.24) is 0 Å². The molecule has 35 heavy (non-hydrogen) atoms. The van der Waals surface area contributed by atoms with Gasteiger partial charge in [0.15, 0.2) is 6.29 Å². The summed E-state index contributed by atoms with van der Waals surface area (Å²) in [5.74, 6) is 0.276. The Morgan fingerprint density at radius 3 is 2.29 bits per heavy atom. The Labute approximate surface area is 209 Å². The third kappa shape index (κ3) is 8.05. The van der Waals surface area contributed by atoms with Crippen molar-refractivity contribution in [3.63, 3.8) is 0 Å². The van der Waals surface area contributed by atoms with Crippen molar-refractivity contribution >= 4 is 29.3 Å². The van der Waals surface area contributed by atoms with Crippen molar-refractivity contribution in [3.05, 3.63) is 65.2 Å². The van der Waals surface area contributed by atoms with Gasteiger partial charge in [0.1, 0.15) is 0 Å². The molecule has 0 radical (unpaired) electrons. The van der Waals surface area contributed by atoms with Crippen LogP contribution in [0.3, 0.4) is 0 Å². The van der Waals surface area contributed by atoms with Gasteiger partial charge in [-0.05, 0) is 29.7 Å². The molecule has 1 aliphatic heterocycles. The summed E-state index contributed by atoms with van der Waals surface area (Å²) in [6, 6.07) is 14.9. The lowest BCUT2D eigenvalue weighted by atomic mass is 9.91. The van der Waals surface area contributed by atoms with Crippen molar-refractivity contribution in [3.8, 4) is 0 Å². The number of carboxylic acids is 1. The fraction of sp³-hybridized carbons (Fsp3) is 0.462. The highest BCUT2D eigenvalue weighted by Gasteiger charge is 2.38. The molecule has 0 aliphatic carbocycles. The van der Waals surface area contributed by atoms with E-state index in [4.69, 9.17) is 19.7 Å². The highest BCUT2D eigenvalue weighted by Crippen LogP contribution is 2.42. The van der Waals surface area contributed by atoms with Crippen LogP contribution >= 0.6 is 11.8 Å². The largest absolute Gasteiger partial charge is 0.481 e. The predicted octanol–water partition coefficient (Wildman–Crippen LogP) is 3.89. The number of thioether (sulfide) groups is 1. The molecule has 0 unspecified atom stereocenters. The zero-order chi connectivity index (χ0) is 25.2. The third-order valence-electron chi connectivity index (χ3n) is 5.90. The van der Waals surface area contributed by atoms with Gasteiger partial charge in [0.25, 0.3) is 0 Å². The number of benzene rings is 2. The SMILES string of the molecule is C[C@H]1[C@@H](CSCCO)O[C@@H](c2ccc(NC(=O)CCCC(=O)O)cc2)O[C@H]1c1ccc(CO)cc1. The van der Waals surface area contributed by atoms with Gasteiger partial charge in [-0.1, -0.05) is 43.3 Å². The number of ether oxygens (including phenoxy) is 2. The van der Waals surface area contributed by atoms with Crippen LogP contribution in [0.5, 0.6) is 0 Å². The van der Waals surface area contributed by atoms with Gasteiger partial charge in [0.05, 0.1) is 25.4 Å². The first-order chi connectivity index (χ1) is 16.9. The van der Waals surface area contributed by atoms with Gasteiger partial charge in [-0.25, -0.2) is 0 Å². The van der Waals surface area contributed by atoms with Gasteiger partial charge >= 0.3 is 5.97 Å². The van der Waals surface area contributed by atoms with Crippen molar-refractivity contribution in [2.24, 2.45) is 5.92 Å². The van der Waals surface area contributed by atoms with Crippen LogP contribution in [0.4, 0.5) is 5.69 Å². The molecule has 3 rings (SSSR count). The molecular weight excluding hydrogens is 470 g/mol. The van der Waals surface area contributed by atoms with Gasteiger partial charge < -0.3 is 30.1 Å². The molecule has 9 heteroatoms. The molecule has 1 aliphatic rings. The number of carbonyl (C=O) groups excluding carboxylic acids is 1. The maximum Gasteiger partial charge on any atom is 0.303 e. The van der Waals surface area contributed by atoms with Gasteiger partial charge in [-0.3, -0.25) is 9.59 Å². The Morgan fingerprint density at radius 2 is 1.66 bits per heavy atom. The van der Waals surface area contributed by atoms with E-state index in [2.05, 4.69) is 12.2 Å². The van der Waals surface area contributed by atoms with E-state index in [1.165, 1.54) is 0 Å². The Kier molecular flexibility index (Phi) is 10.6. The van der Waals surface area contributed by atoms with Gasteiger partial charge in [-0.2, -0.15) is 11.8 Å². The molecule has 4 N–H and O–H groups in total. The van der Waals surface area contributed by atoms with Crippen molar-refractivity contribution in [2.45, 2.75) is 51.3 Å². The number of carboxylic acid groups (broad SMARTS) is 1. The summed E-state index contributed by atoms with van der Waals surface area (Å²) in [5.41, 5.74) is 3.27. The lowest BCUT2D eigenvalue weighted by Crippen LogP contribution is -2.38. The summed E-state index contributed by atoms with van der Waals surface area (Å²) in [7, 11) is 0. The number of aliphatic carboxylic acids is 1. The second-order valence-electron chi connectivity index (χ2n) is 8.54. The number of anilines is 1. The summed E-state index contributed by atoms with van der Waals surface area (Å²) in [5, 5.41) is 30.0. The number of rotatable bonds is 12. The molecule has 4 atom stereocenters. The summed E-state index contributed by atoms with van der Waals surface area (Å²) in [4.78, 5) is 22.6. The first-order valence-corrected chi connectivity index (χ1v) is 12.9. The van der Waals surface area contributed by atoms with Crippen LogP contribution in [0, 0.1) is 5.92 Å². The van der Waals surface area contributed by atoms with Crippen LogP contribution in [0.15, 0.2) is 48.5 Å². The van der Waals surface area contributed by atoms with Crippen molar-refractivity contribution < 1.29 is 34.4 Å². The van der Waals surface area contributed by atoms with Crippen molar-refractivity contribution in [2.75, 3.05) is 23.4 Å². The van der Waals surface area contributed by atoms with E-state index >= 15 is 0 Å². The van der Waals surface area contributed by atoms with E-state index in [1.807, 2.05) is 36.4 Å². The summed E-state index contributed by atoms with van der Waals surface area (Å²) in [6.45, 7) is 2.19. The average Bonchev–Trinajstić information content (AvgIpc) is 2.85. The molecule has 1 saturated heterocycles. The van der Waals surface area contributed by atoms with E-state index in [-0.39, 0.29) is 56.5 Å². The van der Waals surface area contributed by atoms with E-state index in [9.17, 15) is 14.7 Å². The summed E-state index contributed by atoms with van der Waals surface area (Å²) in [6.07, 6.45) is -0.518. The number of aliphatic hydroxyl groups excluding tert-OH is 2. The highest BCUT2D eigenvalue weighted by atomic mass is 32.2. The molecule has 2 aromatic carbocycles. The first-order valence-electron chi connectivity index (χ1n) is 11.7. The molecular formula is C26H33NO7S. The fourth-order valence-corrected chi connectivity index (χ4v) is 4.83. The number of hydrogen-bond donors (Lipinski definition) is 4. The lowest BCUT2D eigenvalue weighted by molar-refractivity contribution is -0.268. The Bertz CT molecular complexity index is 951. The molecule has 0 spiro atoms. The lowest BCUT2D eigenvalue weighted by Gasteiger charge is -2.41. The average molecular weight is 504 g/mol. The smallest absolute Gasteiger partial charge is 0.303 e. The number of nitrogens with one attached hydrogen (secondary N) is 1. The van der Waals surface area contributed by atoms with Crippen LogP contribution in [-0.2, 0) is 25.7 Å². The Hall–Kier alpha value is -2.43. The van der Waals surface area contributed by atoms with Crippen LogP contribution in [-0.4, -0.2) is 51.4 Å². The molecule has 1 amide bonds. The zero-order valence-electron chi connectivity index (χ0n) is 19.8. The van der Waals surface area contributed by atoms with Crippen LogP contribution < -0.4 is 5.32 Å². The fourth-order valence-electron chi connectivity index (χ4n) is 3.92. The molecule has 190 valence electrons. The van der Waals surface area contributed by atoms with Gasteiger partial charge in [0.2, 0.25) is 5.91 Å². The van der Waals surface area contributed by atoms with Gasteiger partial charge in [0, 0.05) is 41.5 Å². The van der Waals surface area contributed by atoms with Gasteiger partial charge in [-0.15, -0.1) is 0 Å². The predicted molar refractivity (Wildman–Crippen MR) is 134 cm³/mol. The number of amides is 1. The first kappa shape index (κ1) is 27.2. The second kappa shape index (κ2) is 13.6. The van der Waals surface area contributed by atoms with E-state index in [1.54, 1.807) is 23.9 Å². The number of carbonyl (C=O) groups is 2. The molecule has 1 heterocycles. The minimum atomic E-state index is -0.917. The molecule has 8 nitrogen and oxygen atoms in total. The monoisotopic (exact) mass is 503 g/mol. The van der Waals surface area contributed by atoms with Crippen LogP contribution in [0.2, 0.25) is 0 Å². The molecule has 0 saturated carbocycles. The summed E-state index contributed by atoms with van der Waals surface area (Å²) >= 11 is 1.63. The van der Waals surface area contributed by atoms with Crippen LogP contribution in [0.25, 0.3) is 0 Å². The minimum Gasteiger partial charge on any atom is -0.481 e. The number of aliphatic hydroxyl groups is 2. The third-order valence-corrected chi connectivity index (χ3v) is 6.94. The normalized spacial score (nSPS) is 22.0. The van der Waals surface area contributed by atoms with E-state index < -0.39 is 12.3 Å². The second-order valence-corrected chi connectivity index (χ2v) is 9.69. The van der Waals surface area contributed by atoms with E-state index in [0.29, 0.717) is 11.4 Å². The Balaban J connectivity index is 1.71. The van der Waals surface area contributed by atoms with Crippen LogP contribution in [0.1, 0.15) is 55.3 Å². The zero-order valence-corrected chi connectivity index (χ0v) is 20.6. The van der Waals surface area contributed by atoms with E-state index in [0.717, 1.165) is 22.4 Å². The molecule has 0 aromatic heterocycles. The minimum absolute atomic E-state index is 0.0179. The molecule has 1 fully saturated rings. The topological polar surface area (TPSA) is 125 Å². The highest BCUT2D eigenvalue weighted by molar-refractivity contribution is 7.99. The standard InChI is InChI=1S/C26H33NO7S/c1-17-22(16-35-14-13-28)33-26(34-25(17)19-7-5-18(15-29)6-8-19)20-9-11-21(12-10-20)27-23(30)3-2-4-24(31)32/h5-12,17,22,25-26,28-29H,2-4,13-16H2,1H3,(H,27,30)(H,31,32)/t17-,22+,25+,26+/m0/s1. The van der Waals surface area contributed by atoms with Crippen molar-refractivity contribution in [1.29, 1.82) is 0 Å². The quantitative estimate of drug-likeness (QED) is 0.322.